The number of carbonyl (C=O) groups is 1. The first-order chi connectivity index (χ1) is 13.1. The molecule has 1 heterocycles. The van der Waals surface area contributed by atoms with Crippen LogP contribution in [-0.2, 0) is 9.63 Å². The molecule has 0 aliphatic heterocycles. The van der Waals surface area contributed by atoms with Crippen molar-refractivity contribution in [3.8, 4) is 5.75 Å². The summed E-state index contributed by atoms with van der Waals surface area (Å²) in [5.41, 5.74) is 1.81. The molecule has 140 valence electrons. The second kappa shape index (κ2) is 8.64. The Morgan fingerprint density at radius 3 is 2.70 bits per heavy atom. The van der Waals surface area contributed by atoms with Gasteiger partial charge in [-0.1, -0.05) is 17.3 Å². The highest BCUT2D eigenvalue weighted by molar-refractivity contribution is 7.18. The van der Waals surface area contributed by atoms with E-state index in [-0.39, 0.29) is 18.6 Å². The molecule has 1 amide bonds. The molecule has 7 heteroatoms. The van der Waals surface area contributed by atoms with E-state index in [2.05, 4.69) is 10.1 Å². The normalized spacial score (nSPS) is 12.3. The van der Waals surface area contributed by atoms with Gasteiger partial charge in [0.25, 0.3) is 5.91 Å². The number of fused-ring (bicyclic) bond motifs is 1. The Labute approximate surface area is 162 Å². The van der Waals surface area contributed by atoms with Gasteiger partial charge in [-0.25, -0.2) is 4.98 Å². The first-order valence-corrected chi connectivity index (χ1v) is 9.30. The molecule has 0 aliphatic rings. The number of ether oxygens (including phenoxy) is 1. The van der Waals surface area contributed by atoms with Crippen molar-refractivity contribution in [2.45, 2.75) is 13.0 Å². The van der Waals surface area contributed by atoms with Crippen molar-refractivity contribution in [1.82, 2.24) is 9.88 Å². The van der Waals surface area contributed by atoms with Gasteiger partial charge in [0, 0.05) is 7.05 Å². The van der Waals surface area contributed by atoms with Gasteiger partial charge in [-0.3, -0.25) is 4.79 Å². The van der Waals surface area contributed by atoms with E-state index in [4.69, 9.17) is 9.57 Å². The van der Waals surface area contributed by atoms with Gasteiger partial charge in [0.1, 0.15) is 10.8 Å². The molecule has 6 nitrogen and oxygen atoms in total. The minimum atomic E-state index is -0.159. The fourth-order valence-electron chi connectivity index (χ4n) is 2.43. The summed E-state index contributed by atoms with van der Waals surface area (Å²) in [6.45, 7) is 1.83. The number of methoxy groups -OCH3 is 1. The van der Waals surface area contributed by atoms with Crippen molar-refractivity contribution < 1.29 is 14.4 Å². The lowest BCUT2D eigenvalue weighted by molar-refractivity contribution is -0.136. The molecule has 0 saturated carbocycles. The molecule has 0 bridgehead atoms. The van der Waals surface area contributed by atoms with Crippen molar-refractivity contribution in [3.63, 3.8) is 0 Å². The number of aromatic nitrogens is 1. The maximum Gasteiger partial charge on any atom is 0.263 e. The molecule has 3 rings (SSSR count). The van der Waals surface area contributed by atoms with E-state index < -0.39 is 0 Å². The minimum absolute atomic E-state index is 0.127. The lowest BCUT2D eigenvalue weighted by atomic mass is 10.2. The number of likely N-dealkylation sites (N-methyl/N-ethyl adjacent to an activating group) is 1. The molecule has 3 aromatic rings. The van der Waals surface area contributed by atoms with Gasteiger partial charge in [0.15, 0.2) is 6.61 Å². The third-order valence-corrected chi connectivity index (χ3v) is 5.43. The van der Waals surface area contributed by atoms with Crippen molar-refractivity contribution in [3.05, 3.63) is 59.1 Å². The molecule has 0 radical (unpaired) electrons. The molecular weight excluding hydrogens is 362 g/mol. The zero-order chi connectivity index (χ0) is 19.2. The van der Waals surface area contributed by atoms with Gasteiger partial charge in [0.05, 0.1) is 29.6 Å². The summed E-state index contributed by atoms with van der Waals surface area (Å²) in [5, 5.41) is 4.76. The largest absolute Gasteiger partial charge is 0.497 e. The Balaban J connectivity index is 1.54. The lowest BCUT2D eigenvalue weighted by Crippen LogP contribution is -2.32. The van der Waals surface area contributed by atoms with Crippen LogP contribution in [0.2, 0.25) is 0 Å². The highest BCUT2D eigenvalue weighted by atomic mass is 32.1. The number of nitrogens with zero attached hydrogens (tertiary/aromatic N) is 3. The summed E-state index contributed by atoms with van der Waals surface area (Å²) in [4.78, 5) is 23.7. The molecule has 0 unspecified atom stereocenters. The summed E-state index contributed by atoms with van der Waals surface area (Å²) in [5.74, 6) is 0.613. The monoisotopic (exact) mass is 383 g/mol. The number of para-hydroxylation sites is 1. The average Bonchev–Trinajstić information content (AvgIpc) is 3.14. The van der Waals surface area contributed by atoms with Gasteiger partial charge in [-0.05, 0) is 48.9 Å². The number of hydrogen-bond acceptors (Lipinski definition) is 6. The second-order valence-electron chi connectivity index (χ2n) is 5.98. The predicted octanol–water partition coefficient (Wildman–Crippen LogP) is 3.88. The molecule has 0 spiro atoms. The fraction of sp³-hybridized carbons (Fsp3) is 0.250. The first-order valence-electron chi connectivity index (χ1n) is 8.49. The van der Waals surface area contributed by atoms with Crippen LogP contribution in [0.4, 0.5) is 0 Å². The number of thiazole rings is 1. The molecular formula is C20H21N3O3S. The summed E-state index contributed by atoms with van der Waals surface area (Å²) in [6.07, 6.45) is 1.56. The van der Waals surface area contributed by atoms with Crippen LogP contribution in [0.3, 0.4) is 0 Å². The number of rotatable bonds is 7. The Morgan fingerprint density at radius 1 is 1.26 bits per heavy atom. The lowest BCUT2D eigenvalue weighted by Gasteiger charge is -2.22. The summed E-state index contributed by atoms with van der Waals surface area (Å²) >= 11 is 1.59. The molecule has 0 fully saturated rings. The second-order valence-corrected chi connectivity index (χ2v) is 7.04. The van der Waals surface area contributed by atoms with Crippen LogP contribution in [0, 0.1) is 0 Å². The minimum Gasteiger partial charge on any atom is -0.497 e. The Hall–Kier alpha value is -2.93. The molecule has 0 aliphatic carbocycles. The van der Waals surface area contributed by atoms with Gasteiger partial charge < -0.3 is 14.5 Å². The first kappa shape index (κ1) is 18.8. The van der Waals surface area contributed by atoms with Crippen LogP contribution in [-0.4, -0.2) is 42.8 Å². The van der Waals surface area contributed by atoms with Gasteiger partial charge in [0.2, 0.25) is 0 Å². The topological polar surface area (TPSA) is 64.0 Å². The smallest absolute Gasteiger partial charge is 0.263 e. The maximum absolute atomic E-state index is 12.4. The summed E-state index contributed by atoms with van der Waals surface area (Å²) < 4.78 is 6.21. The molecule has 0 N–H and O–H groups in total. The van der Waals surface area contributed by atoms with Crippen molar-refractivity contribution in [2.24, 2.45) is 5.16 Å². The molecule has 27 heavy (non-hydrogen) atoms. The third kappa shape index (κ3) is 4.62. The number of hydrogen-bond donors (Lipinski definition) is 0. The van der Waals surface area contributed by atoms with Crippen LogP contribution in [0.5, 0.6) is 5.75 Å². The van der Waals surface area contributed by atoms with Crippen LogP contribution in [0.1, 0.15) is 23.5 Å². The van der Waals surface area contributed by atoms with Crippen LogP contribution in [0.25, 0.3) is 10.2 Å². The molecule has 2 aromatic carbocycles. The van der Waals surface area contributed by atoms with Crippen molar-refractivity contribution in [2.75, 3.05) is 20.8 Å². The maximum atomic E-state index is 12.4. The highest BCUT2D eigenvalue weighted by Gasteiger charge is 2.21. The van der Waals surface area contributed by atoms with Crippen molar-refractivity contribution >= 4 is 33.7 Å². The van der Waals surface area contributed by atoms with Crippen molar-refractivity contribution in [1.29, 1.82) is 0 Å². The SMILES string of the molecule is COc1ccc(/C=N\OCC(=O)N(C)[C@@H](C)c2nc3ccccc3s2)cc1. The Kier molecular flexibility index (Phi) is 6.03. The number of carbonyl (C=O) groups excluding carboxylic acids is 1. The highest BCUT2D eigenvalue weighted by Crippen LogP contribution is 2.28. The Morgan fingerprint density at radius 2 is 2.00 bits per heavy atom. The predicted molar refractivity (Wildman–Crippen MR) is 107 cm³/mol. The van der Waals surface area contributed by atoms with E-state index in [9.17, 15) is 4.79 Å². The van der Waals surface area contributed by atoms with Gasteiger partial charge in [-0.15, -0.1) is 11.3 Å². The molecule has 1 atom stereocenters. The fourth-order valence-corrected chi connectivity index (χ4v) is 3.50. The molecule has 1 aromatic heterocycles. The summed E-state index contributed by atoms with van der Waals surface area (Å²) in [7, 11) is 3.36. The van der Waals surface area contributed by atoms with Crippen LogP contribution >= 0.6 is 11.3 Å². The molecule has 0 saturated heterocycles. The van der Waals surface area contributed by atoms with E-state index in [0.717, 1.165) is 26.5 Å². The van der Waals surface area contributed by atoms with E-state index in [1.165, 1.54) is 0 Å². The zero-order valence-electron chi connectivity index (χ0n) is 15.5. The van der Waals surface area contributed by atoms with Gasteiger partial charge >= 0.3 is 0 Å². The number of amides is 1. The average molecular weight is 383 g/mol. The number of oxime groups is 1. The third-order valence-electron chi connectivity index (χ3n) is 4.22. The van der Waals surface area contributed by atoms with E-state index in [1.54, 1.807) is 36.6 Å². The summed E-state index contributed by atoms with van der Waals surface area (Å²) in [6, 6.07) is 15.2. The van der Waals surface area contributed by atoms with Gasteiger partial charge in [-0.2, -0.15) is 0 Å². The number of benzene rings is 2. The van der Waals surface area contributed by atoms with Crippen LogP contribution < -0.4 is 4.74 Å². The van der Waals surface area contributed by atoms with E-state index >= 15 is 0 Å². The van der Waals surface area contributed by atoms with E-state index in [0.29, 0.717) is 0 Å². The van der Waals surface area contributed by atoms with E-state index in [1.807, 2.05) is 55.5 Å². The van der Waals surface area contributed by atoms with Crippen LogP contribution in [0.15, 0.2) is 53.7 Å². The zero-order valence-corrected chi connectivity index (χ0v) is 16.3. The Bertz CT molecular complexity index is 904. The standard InChI is InChI=1S/C20H21N3O3S/c1-14(20-22-17-6-4-5-7-18(17)27-20)23(2)19(24)13-26-21-12-15-8-10-16(25-3)11-9-15/h4-12,14H,13H2,1-3H3/b21-12-/t14-/m0/s1. The quantitative estimate of drug-likeness (QED) is 0.459.